The molecular weight excluding hydrogens is 577 g/mol. The van der Waals surface area contributed by atoms with E-state index < -0.39 is 0 Å². The van der Waals surface area contributed by atoms with Crippen LogP contribution in [-0.2, 0) is 0 Å². The second kappa shape index (κ2) is 18.4. The van der Waals surface area contributed by atoms with Gasteiger partial charge in [0.25, 0.3) is 0 Å². The number of hydrogen-bond acceptors (Lipinski definition) is 0. The van der Waals surface area contributed by atoms with E-state index in [1.807, 2.05) is 55.5 Å². The molecule has 3 aromatic carbocycles. The Morgan fingerprint density at radius 1 is 0.479 bits per heavy atom. The van der Waals surface area contributed by atoms with Gasteiger partial charge in [-0.15, -0.1) is 0 Å². The smallest absolute Gasteiger partial charge is 0.00990 e. The summed E-state index contributed by atoms with van der Waals surface area (Å²) in [5.74, 6) is 0. The standard InChI is InChI=1S/C48H48/c1-11-27-43(38(15-5)36-29-21-20-22-30-36)41(18-8)40(17-7)42(19-9)44(28-12-2)46-32-25-26-34-48(46)47-33-24-23-31-45(47)39(16-6)37(14-4)35(10)13-3/h11-34H,1-2,4,6-8H2,3,5,9-10H3/b35-13+,38-15-,39-37-,41-40-,42-19-,43-27+,44-28+. The minimum atomic E-state index is 0.955. The summed E-state index contributed by atoms with van der Waals surface area (Å²) in [5, 5.41) is 0. The Hall–Kier alpha value is -5.72. The second-order valence-corrected chi connectivity index (χ2v) is 10.9. The van der Waals surface area contributed by atoms with Gasteiger partial charge < -0.3 is 0 Å². The molecule has 0 heteroatoms. The van der Waals surface area contributed by atoms with Crippen LogP contribution < -0.4 is 0 Å². The first-order valence-electron chi connectivity index (χ1n) is 16.3. The zero-order chi connectivity index (χ0) is 35.1. The molecule has 0 amide bonds. The molecule has 0 aromatic heterocycles. The van der Waals surface area contributed by atoms with E-state index in [1.54, 1.807) is 0 Å². The van der Waals surface area contributed by atoms with E-state index >= 15 is 0 Å². The molecule has 0 fully saturated rings. The first kappa shape index (κ1) is 36.7. The molecule has 0 bridgehead atoms. The fourth-order valence-corrected chi connectivity index (χ4v) is 6.08. The van der Waals surface area contributed by atoms with Crippen molar-refractivity contribution in [3.8, 4) is 11.1 Å². The van der Waals surface area contributed by atoms with E-state index in [0.29, 0.717) is 0 Å². The average Bonchev–Trinajstić information content (AvgIpc) is 3.13. The predicted molar refractivity (Wildman–Crippen MR) is 216 cm³/mol. The molecule has 0 heterocycles. The number of hydrogen-bond donors (Lipinski definition) is 0. The van der Waals surface area contributed by atoms with Gasteiger partial charge in [0.1, 0.15) is 0 Å². The van der Waals surface area contributed by atoms with Crippen molar-refractivity contribution in [3.63, 3.8) is 0 Å². The van der Waals surface area contributed by atoms with Crippen LogP contribution in [0.2, 0.25) is 0 Å². The monoisotopic (exact) mass is 624 g/mol. The van der Waals surface area contributed by atoms with Gasteiger partial charge in [0.15, 0.2) is 0 Å². The summed E-state index contributed by atoms with van der Waals surface area (Å²) < 4.78 is 0. The molecule has 0 aliphatic heterocycles. The molecule has 0 radical (unpaired) electrons. The number of benzene rings is 3. The molecule has 0 N–H and O–H groups in total. The molecular formula is C48H48. The Kier molecular flexibility index (Phi) is 14.1. The van der Waals surface area contributed by atoms with Crippen molar-refractivity contribution in [3.05, 3.63) is 235 Å². The Bertz CT molecular complexity index is 1920. The second-order valence-electron chi connectivity index (χ2n) is 10.9. The van der Waals surface area contributed by atoms with Crippen LogP contribution in [0, 0.1) is 0 Å². The Morgan fingerprint density at radius 2 is 1.00 bits per heavy atom. The van der Waals surface area contributed by atoms with Crippen LogP contribution in [0.15, 0.2) is 219 Å². The minimum Gasteiger partial charge on any atom is -0.0990 e. The SMILES string of the molecule is C=C/C=C(C(=C/C)\c1ccccc1)/C(C=C)=C(C=C)\C(=C\C)C(=C/C=C)\c1ccccc1-c1ccccc1/C(C=C)=C(C=C)\C(C)=C\C. The highest BCUT2D eigenvalue weighted by atomic mass is 14.2. The van der Waals surface area contributed by atoms with Crippen LogP contribution in [0.3, 0.4) is 0 Å². The van der Waals surface area contributed by atoms with E-state index in [2.05, 4.69) is 157 Å². The summed E-state index contributed by atoms with van der Waals surface area (Å²) in [6.07, 6.45) is 21.8. The van der Waals surface area contributed by atoms with Gasteiger partial charge in [-0.05, 0) is 106 Å². The van der Waals surface area contributed by atoms with Gasteiger partial charge in [0.05, 0.1) is 0 Å². The fourth-order valence-electron chi connectivity index (χ4n) is 6.08. The Balaban J connectivity index is 2.41. The lowest BCUT2D eigenvalue weighted by molar-refractivity contribution is 1.39. The fraction of sp³-hybridized carbons (Fsp3) is 0.0833. The van der Waals surface area contributed by atoms with Crippen LogP contribution in [0.1, 0.15) is 44.4 Å². The van der Waals surface area contributed by atoms with Gasteiger partial charge in [0.2, 0.25) is 0 Å². The molecule has 0 saturated heterocycles. The maximum absolute atomic E-state index is 4.31. The third-order valence-corrected chi connectivity index (χ3v) is 8.37. The van der Waals surface area contributed by atoms with Crippen molar-refractivity contribution in [1.29, 1.82) is 0 Å². The van der Waals surface area contributed by atoms with Crippen molar-refractivity contribution >= 4 is 16.7 Å². The van der Waals surface area contributed by atoms with Crippen LogP contribution in [0.25, 0.3) is 27.8 Å². The molecule has 240 valence electrons. The summed E-state index contributed by atoms with van der Waals surface area (Å²) >= 11 is 0. The van der Waals surface area contributed by atoms with Gasteiger partial charge >= 0.3 is 0 Å². The molecule has 0 aliphatic rings. The van der Waals surface area contributed by atoms with Crippen molar-refractivity contribution in [2.24, 2.45) is 0 Å². The van der Waals surface area contributed by atoms with E-state index in [9.17, 15) is 0 Å². The number of rotatable bonds is 15. The molecule has 3 aromatic rings. The summed E-state index contributed by atoms with van der Waals surface area (Å²) in [7, 11) is 0. The highest BCUT2D eigenvalue weighted by molar-refractivity contribution is 5.97. The Labute approximate surface area is 290 Å². The lowest BCUT2D eigenvalue weighted by atomic mass is 9.81. The quantitative estimate of drug-likeness (QED) is 0.148. The van der Waals surface area contributed by atoms with E-state index in [1.165, 1.54) is 0 Å². The highest BCUT2D eigenvalue weighted by Gasteiger charge is 2.21. The summed E-state index contributed by atoms with van der Waals surface area (Å²) in [4.78, 5) is 0. The lowest BCUT2D eigenvalue weighted by Crippen LogP contribution is -2.02. The maximum Gasteiger partial charge on any atom is -0.00990 e. The number of allylic oxidation sites excluding steroid dienone is 20. The minimum absolute atomic E-state index is 0.955. The van der Waals surface area contributed by atoms with E-state index in [4.69, 9.17) is 0 Å². The summed E-state index contributed by atoms with van der Waals surface area (Å²) in [6.45, 7) is 33.4. The molecule has 0 saturated carbocycles. The summed E-state index contributed by atoms with van der Waals surface area (Å²) in [6, 6.07) is 27.4. The van der Waals surface area contributed by atoms with Crippen LogP contribution in [0.5, 0.6) is 0 Å². The van der Waals surface area contributed by atoms with Crippen LogP contribution in [-0.4, -0.2) is 0 Å². The van der Waals surface area contributed by atoms with Gasteiger partial charge in [-0.1, -0.05) is 185 Å². The van der Waals surface area contributed by atoms with Crippen molar-refractivity contribution in [2.45, 2.75) is 27.7 Å². The third-order valence-electron chi connectivity index (χ3n) is 8.37. The topological polar surface area (TPSA) is 0 Å². The molecule has 0 atom stereocenters. The highest BCUT2D eigenvalue weighted by Crippen LogP contribution is 2.42. The van der Waals surface area contributed by atoms with Crippen molar-refractivity contribution in [2.75, 3.05) is 0 Å². The van der Waals surface area contributed by atoms with Crippen LogP contribution in [0.4, 0.5) is 0 Å². The van der Waals surface area contributed by atoms with E-state index in [0.717, 1.165) is 78.0 Å². The van der Waals surface area contributed by atoms with Crippen LogP contribution >= 0.6 is 0 Å². The normalized spacial score (nSPS) is 14.0. The van der Waals surface area contributed by atoms with E-state index in [-0.39, 0.29) is 0 Å². The molecule has 0 nitrogen and oxygen atoms in total. The third kappa shape index (κ3) is 7.97. The largest absolute Gasteiger partial charge is 0.0990 e. The van der Waals surface area contributed by atoms with Gasteiger partial charge in [-0.2, -0.15) is 0 Å². The molecule has 0 unspecified atom stereocenters. The molecule has 3 rings (SSSR count). The first-order chi connectivity index (χ1) is 23.4. The first-order valence-corrected chi connectivity index (χ1v) is 16.3. The zero-order valence-corrected chi connectivity index (χ0v) is 29.1. The van der Waals surface area contributed by atoms with Gasteiger partial charge in [-0.3, -0.25) is 0 Å². The molecule has 0 spiro atoms. The van der Waals surface area contributed by atoms with Crippen molar-refractivity contribution in [1.82, 2.24) is 0 Å². The van der Waals surface area contributed by atoms with Crippen molar-refractivity contribution < 1.29 is 0 Å². The Morgan fingerprint density at radius 3 is 1.50 bits per heavy atom. The zero-order valence-electron chi connectivity index (χ0n) is 29.1. The molecule has 48 heavy (non-hydrogen) atoms. The predicted octanol–water partition coefficient (Wildman–Crippen LogP) is 13.8. The lowest BCUT2D eigenvalue weighted by Gasteiger charge is -2.23. The maximum atomic E-state index is 4.31. The molecule has 0 aliphatic carbocycles. The summed E-state index contributed by atoms with van der Waals surface area (Å²) in [5.41, 5.74) is 14.7. The van der Waals surface area contributed by atoms with Gasteiger partial charge in [-0.25, -0.2) is 0 Å². The average molecular weight is 625 g/mol. The van der Waals surface area contributed by atoms with Gasteiger partial charge in [0, 0.05) is 0 Å².